The molecule has 0 unspecified atom stereocenters. The second-order valence-corrected chi connectivity index (χ2v) is 6.73. The van der Waals surface area contributed by atoms with E-state index in [0.29, 0.717) is 23.7 Å². The summed E-state index contributed by atoms with van der Waals surface area (Å²) in [5.41, 5.74) is 2.47. The second-order valence-electron chi connectivity index (χ2n) is 5.65. The van der Waals surface area contributed by atoms with Crippen molar-refractivity contribution in [2.45, 2.75) is 13.5 Å². The molecule has 0 radical (unpaired) electrons. The van der Waals surface area contributed by atoms with Crippen LogP contribution in [0.15, 0.2) is 42.7 Å². The summed E-state index contributed by atoms with van der Waals surface area (Å²) in [7, 11) is 3.11. The fourth-order valence-electron chi connectivity index (χ4n) is 2.45. The molecule has 0 aliphatic heterocycles. The highest BCUT2D eigenvalue weighted by molar-refractivity contribution is 7.15. The lowest BCUT2D eigenvalue weighted by Crippen LogP contribution is -2.28. The van der Waals surface area contributed by atoms with Crippen molar-refractivity contribution < 1.29 is 14.3 Å². The number of benzene rings is 1. The molecule has 2 heterocycles. The van der Waals surface area contributed by atoms with E-state index in [-0.39, 0.29) is 6.03 Å². The predicted molar refractivity (Wildman–Crippen MR) is 105 cm³/mol. The van der Waals surface area contributed by atoms with Crippen molar-refractivity contribution in [1.29, 1.82) is 0 Å². The number of amides is 2. The van der Waals surface area contributed by atoms with Crippen molar-refractivity contribution in [2.75, 3.05) is 19.5 Å². The van der Waals surface area contributed by atoms with E-state index < -0.39 is 0 Å². The van der Waals surface area contributed by atoms with E-state index in [1.54, 1.807) is 56.1 Å². The summed E-state index contributed by atoms with van der Waals surface area (Å²) < 4.78 is 10.4. The minimum atomic E-state index is -0.307. The molecule has 0 atom stereocenters. The number of nitrogens with one attached hydrogen (secondary N) is 2. The summed E-state index contributed by atoms with van der Waals surface area (Å²) in [6.07, 6.45) is 3.50. The van der Waals surface area contributed by atoms with Crippen LogP contribution in [-0.2, 0) is 6.54 Å². The van der Waals surface area contributed by atoms with Gasteiger partial charge in [0.15, 0.2) is 11.5 Å². The molecule has 0 spiro atoms. The minimum absolute atomic E-state index is 0.307. The van der Waals surface area contributed by atoms with Gasteiger partial charge in [0.1, 0.15) is 5.01 Å². The molecule has 3 aromatic rings. The van der Waals surface area contributed by atoms with Gasteiger partial charge in [-0.2, -0.15) is 0 Å². The van der Waals surface area contributed by atoms with E-state index in [0.717, 1.165) is 21.1 Å². The van der Waals surface area contributed by atoms with Crippen LogP contribution in [-0.4, -0.2) is 30.2 Å². The van der Waals surface area contributed by atoms with Gasteiger partial charge in [-0.3, -0.25) is 4.98 Å². The number of rotatable bonds is 6. The van der Waals surface area contributed by atoms with Crippen LogP contribution in [0.4, 0.5) is 10.5 Å². The van der Waals surface area contributed by atoms with E-state index in [1.165, 1.54) is 0 Å². The molecule has 7 nitrogen and oxygen atoms in total. The maximum atomic E-state index is 12.2. The molecule has 1 aromatic carbocycles. The van der Waals surface area contributed by atoms with Crippen molar-refractivity contribution in [3.05, 3.63) is 53.3 Å². The number of pyridine rings is 1. The molecule has 8 heteroatoms. The van der Waals surface area contributed by atoms with Crippen molar-refractivity contribution in [2.24, 2.45) is 0 Å². The number of carbonyl (C=O) groups excluding carboxylic acids is 1. The Balaban J connectivity index is 1.62. The number of hydrogen-bond donors (Lipinski definition) is 2. The van der Waals surface area contributed by atoms with Crippen LogP contribution < -0.4 is 20.1 Å². The second kappa shape index (κ2) is 8.50. The Labute approximate surface area is 161 Å². The first-order valence-electron chi connectivity index (χ1n) is 8.24. The van der Waals surface area contributed by atoms with Gasteiger partial charge in [-0.1, -0.05) is 0 Å². The normalized spacial score (nSPS) is 10.3. The zero-order valence-electron chi connectivity index (χ0n) is 15.3. The number of aromatic nitrogens is 2. The van der Waals surface area contributed by atoms with Crippen LogP contribution >= 0.6 is 11.3 Å². The highest BCUT2D eigenvalue weighted by Gasteiger charge is 2.11. The van der Waals surface area contributed by atoms with Gasteiger partial charge in [0.2, 0.25) is 0 Å². The lowest BCUT2D eigenvalue weighted by atomic mass is 10.3. The molecule has 140 valence electrons. The molecule has 3 rings (SSSR count). The van der Waals surface area contributed by atoms with Crippen molar-refractivity contribution in [3.8, 4) is 22.1 Å². The maximum Gasteiger partial charge on any atom is 0.319 e. The number of carbonyl (C=O) groups is 1. The van der Waals surface area contributed by atoms with Crippen LogP contribution in [0.25, 0.3) is 10.6 Å². The van der Waals surface area contributed by atoms with Crippen LogP contribution in [0.5, 0.6) is 11.5 Å². The molecule has 2 aromatic heterocycles. The Morgan fingerprint density at radius 1 is 1.19 bits per heavy atom. The van der Waals surface area contributed by atoms with Gasteiger partial charge >= 0.3 is 6.03 Å². The zero-order valence-corrected chi connectivity index (χ0v) is 16.1. The van der Waals surface area contributed by atoms with Crippen LogP contribution in [0, 0.1) is 6.92 Å². The Morgan fingerprint density at radius 2 is 2.00 bits per heavy atom. The van der Waals surface area contributed by atoms with Crippen LogP contribution in [0.3, 0.4) is 0 Å². The number of thiazole rings is 1. The first-order chi connectivity index (χ1) is 13.1. The molecule has 27 heavy (non-hydrogen) atoms. The first-order valence-corrected chi connectivity index (χ1v) is 9.06. The molecule has 2 amide bonds. The smallest absolute Gasteiger partial charge is 0.319 e. The van der Waals surface area contributed by atoms with Gasteiger partial charge in [-0.15, -0.1) is 11.3 Å². The van der Waals surface area contributed by atoms with E-state index in [9.17, 15) is 4.79 Å². The van der Waals surface area contributed by atoms with Gasteiger partial charge in [-0.25, -0.2) is 9.78 Å². The van der Waals surface area contributed by atoms with Gasteiger partial charge in [-0.05, 0) is 31.2 Å². The minimum Gasteiger partial charge on any atom is -0.493 e. The average Bonchev–Trinajstić information content (AvgIpc) is 3.07. The molecule has 0 saturated heterocycles. The Kier molecular flexibility index (Phi) is 5.87. The summed E-state index contributed by atoms with van der Waals surface area (Å²) in [6.45, 7) is 2.32. The summed E-state index contributed by atoms with van der Waals surface area (Å²) in [6, 6.07) is 8.73. The summed E-state index contributed by atoms with van der Waals surface area (Å²) in [5, 5.41) is 6.52. The highest BCUT2D eigenvalue weighted by Crippen LogP contribution is 2.30. The highest BCUT2D eigenvalue weighted by atomic mass is 32.1. The molecule has 0 bridgehead atoms. The molecule has 0 saturated carbocycles. The maximum absolute atomic E-state index is 12.2. The lowest BCUT2D eigenvalue weighted by Gasteiger charge is -2.11. The SMILES string of the molecule is COc1ccc(NC(=O)NCc2sc(-c3cccnc3)nc2C)cc1OC. The van der Waals surface area contributed by atoms with Crippen LogP contribution in [0.2, 0.25) is 0 Å². The number of aryl methyl sites for hydroxylation is 1. The lowest BCUT2D eigenvalue weighted by molar-refractivity contribution is 0.252. The number of methoxy groups -OCH3 is 2. The molecule has 0 aliphatic rings. The molecule has 2 N–H and O–H groups in total. The molecule has 0 aliphatic carbocycles. The summed E-state index contributed by atoms with van der Waals surface area (Å²) >= 11 is 1.54. The number of nitrogens with zero attached hydrogens (tertiary/aromatic N) is 2. The molecular weight excluding hydrogens is 364 g/mol. The number of anilines is 1. The van der Waals surface area contributed by atoms with E-state index in [2.05, 4.69) is 20.6 Å². The van der Waals surface area contributed by atoms with Crippen LogP contribution in [0.1, 0.15) is 10.6 Å². The third kappa shape index (κ3) is 4.53. The fraction of sp³-hybridized carbons (Fsp3) is 0.211. The summed E-state index contributed by atoms with van der Waals surface area (Å²) in [4.78, 5) is 21.9. The van der Waals surface area contributed by atoms with E-state index >= 15 is 0 Å². The Hall–Kier alpha value is -3.13. The quantitative estimate of drug-likeness (QED) is 0.674. The molecule has 0 fully saturated rings. The van der Waals surface area contributed by atoms with E-state index in [4.69, 9.17) is 9.47 Å². The number of ether oxygens (including phenoxy) is 2. The molecular formula is C19H20N4O3S. The third-order valence-electron chi connectivity index (χ3n) is 3.85. The van der Waals surface area contributed by atoms with Gasteiger partial charge in [0, 0.05) is 34.6 Å². The predicted octanol–water partition coefficient (Wildman–Crippen LogP) is 3.85. The number of urea groups is 1. The Bertz CT molecular complexity index is 928. The largest absolute Gasteiger partial charge is 0.493 e. The van der Waals surface area contributed by atoms with Crippen molar-refractivity contribution in [1.82, 2.24) is 15.3 Å². The topological polar surface area (TPSA) is 85.4 Å². The number of hydrogen-bond acceptors (Lipinski definition) is 6. The summed E-state index contributed by atoms with van der Waals surface area (Å²) in [5.74, 6) is 1.15. The third-order valence-corrected chi connectivity index (χ3v) is 5.06. The van der Waals surface area contributed by atoms with Gasteiger partial charge in [0.25, 0.3) is 0 Å². The van der Waals surface area contributed by atoms with Crippen molar-refractivity contribution in [3.63, 3.8) is 0 Å². The fourth-order valence-corrected chi connectivity index (χ4v) is 3.45. The van der Waals surface area contributed by atoms with Gasteiger partial charge in [0.05, 0.1) is 26.5 Å². The van der Waals surface area contributed by atoms with E-state index in [1.807, 2.05) is 19.1 Å². The van der Waals surface area contributed by atoms with Gasteiger partial charge < -0.3 is 20.1 Å². The standard InChI is InChI=1S/C19H20N4O3S/c1-12-17(27-18(22-12)13-5-4-8-20-10-13)11-21-19(24)23-14-6-7-15(25-2)16(9-14)26-3/h4-10H,11H2,1-3H3,(H2,21,23,24). The zero-order chi connectivity index (χ0) is 19.2. The first kappa shape index (κ1) is 18.7. The van der Waals surface area contributed by atoms with Crippen molar-refractivity contribution >= 4 is 23.1 Å². The Morgan fingerprint density at radius 3 is 2.70 bits per heavy atom. The monoisotopic (exact) mass is 384 g/mol. The average molecular weight is 384 g/mol.